The Morgan fingerprint density at radius 1 is 1.17 bits per heavy atom. The highest BCUT2D eigenvalue weighted by Gasteiger charge is 2.23. The number of aromatic hydroxyl groups is 2. The molecular formula is C26H32O4. The van der Waals surface area contributed by atoms with Crippen molar-refractivity contribution in [3.63, 3.8) is 0 Å². The van der Waals surface area contributed by atoms with E-state index in [1.165, 1.54) is 30.5 Å². The van der Waals surface area contributed by atoms with Gasteiger partial charge in [-0.15, -0.1) is 0 Å². The van der Waals surface area contributed by atoms with Gasteiger partial charge in [0.25, 0.3) is 0 Å². The number of esters is 1. The van der Waals surface area contributed by atoms with Gasteiger partial charge in [0.2, 0.25) is 0 Å². The van der Waals surface area contributed by atoms with Crippen LogP contribution in [0.4, 0.5) is 0 Å². The minimum atomic E-state index is -0.638. The van der Waals surface area contributed by atoms with Crippen LogP contribution in [0.15, 0.2) is 77.5 Å². The molecule has 1 aliphatic rings. The minimum absolute atomic E-state index is 0.0241. The number of carbonyl (C=O) groups excluding carboxylic acids is 1. The zero-order valence-corrected chi connectivity index (χ0v) is 18.3. The predicted octanol–water partition coefficient (Wildman–Crippen LogP) is 6.40. The van der Waals surface area contributed by atoms with E-state index in [1.54, 1.807) is 6.08 Å². The van der Waals surface area contributed by atoms with Gasteiger partial charge in [0.1, 0.15) is 23.7 Å². The molecule has 1 aromatic carbocycles. The molecule has 0 amide bonds. The highest BCUT2D eigenvalue weighted by molar-refractivity contribution is 5.92. The quantitative estimate of drug-likeness (QED) is 0.405. The first kappa shape index (κ1) is 23.3. The zero-order valence-electron chi connectivity index (χ0n) is 18.3. The third-order valence-corrected chi connectivity index (χ3v) is 5.22. The van der Waals surface area contributed by atoms with Crippen LogP contribution in [0.25, 0.3) is 0 Å². The van der Waals surface area contributed by atoms with Gasteiger partial charge in [-0.3, -0.25) is 0 Å². The number of ether oxygens (including phenoxy) is 1. The minimum Gasteiger partial charge on any atom is -0.508 e. The van der Waals surface area contributed by atoms with Crippen LogP contribution in [-0.2, 0) is 4.74 Å². The summed E-state index contributed by atoms with van der Waals surface area (Å²) in [6.45, 7) is 8.69. The lowest BCUT2D eigenvalue weighted by Gasteiger charge is -2.30. The van der Waals surface area contributed by atoms with E-state index < -0.39 is 5.97 Å². The molecule has 30 heavy (non-hydrogen) atoms. The molecule has 0 atom stereocenters. The SMILES string of the molecule is CC(/C=C/C1=CCCCC1(C)C)=C\C=C\C(C)=C\COC(=O)c1ccc(O)cc1O. The van der Waals surface area contributed by atoms with E-state index >= 15 is 0 Å². The van der Waals surface area contributed by atoms with Gasteiger partial charge in [-0.1, -0.05) is 61.4 Å². The number of hydrogen-bond donors (Lipinski definition) is 2. The van der Waals surface area contributed by atoms with Gasteiger partial charge in [0, 0.05) is 6.07 Å². The third kappa shape index (κ3) is 7.11. The molecule has 4 nitrogen and oxygen atoms in total. The first-order valence-electron chi connectivity index (χ1n) is 10.3. The third-order valence-electron chi connectivity index (χ3n) is 5.22. The van der Waals surface area contributed by atoms with Crippen molar-refractivity contribution in [3.05, 3.63) is 83.0 Å². The Bertz CT molecular complexity index is 911. The van der Waals surface area contributed by atoms with Crippen LogP contribution in [-0.4, -0.2) is 22.8 Å². The van der Waals surface area contributed by atoms with Crippen molar-refractivity contribution in [2.24, 2.45) is 5.41 Å². The first-order chi connectivity index (χ1) is 14.2. The smallest absolute Gasteiger partial charge is 0.342 e. The standard InChI is InChI=1S/C26H32O4/c1-19(11-12-21-10-5-6-16-26(21,3)4)8-7-9-20(2)15-17-30-25(29)23-14-13-22(27)18-24(23)28/h7-15,18,27-28H,5-6,16-17H2,1-4H3/b9-7+,12-11+,19-8+,20-15+. The molecule has 0 bridgehead atoms. The maximum absolute atomic E-state index is 12.0. The van der Waals surface area contributed by atoms with Gasteiger partial charge in [-0.25, -0.2) is 4.79 Å². The number of benzene rings is 1. The van der Waals surface area contributed by atoms with Crippen LogP contribution >= 0.6 is 0 Å². The van der Waals surface area contributed by atoms with E-state index in [4.69, 9.17) is 4.74 Å². The Labute approximate surface area is 179 Å². The van der Waals surface area contributed by atoms with Crippen LogP contribution in [0.5, 0.6) is 11.5 Å². The lowest BCUT2D eigenvalue weighted by Crippen LogP contribution is -2.16. The molecule has 0 aromatic heterocycles. The van der Waals surface area contributed by atoms with E-state index in [0.717, 1.165) is 23.6 Å². The highest BCUT2D eigenvalue weighted by Crippen LogP contribution is 2.37. The molecule has 1 aliphatic carbocycles. The van der Waals surface area contributed by atoms with E-state index in [1.807, 2.05) is 25.2 Å². The average molecular weight is 409 g/mol. The second kappa shape index (κ2) is 10.7. The van der Waals surface area contributed by atoms with Crippen LogP contribution in [0, 0.1) is 5.41 Å². The second-order valence-corrected chi connectivity index (χ2v) is 8.29. The van der Waals surface area contributed by atoms with E-state index in [9.17, 15) is 15.0 Å². The summed E-state index contributed by atoms with van der Waals surface area (Å²) in [6.07, 6.45) is 18.1. The summed E-state index contributed by atoms with van der Waals surface area (Å²) in [7, 11) is 0. The molecule has 0 radical (unpaired) electrons. The van der Waals surface area contributed by atoms with Crippen molar-refractivity contribution in [2.45, 2.75) is 47.0 Å². The van der Waals surface area contributed by atoms with Crippen molar-refractivity contribution >= 4 is 5.97 Å². The Balaban J connectivity index is 1.86. The summed E-state index contributed by atoms with van der Waals surface area (Å²) in [5, 5.41) is 19.0. The number of rotatable bonds is 7. The monoisotopic (exact) mass is 408 g/mol. The first-order valence-corrected chi connectivity index (χ1v) is 10.3. The van der Waals surface area contributed by atoms with Gasteiger partial charge in [-0.05, 0) is 62.3 Å². The van der Waals surface area contributed by atoms with Crippen LogP contribution in [0.1, 0.15) is 57.3 Å². The molecular weight excluding hydrogens is 376 g/mol. The topological polar surface area (TPSA) is 66.8 Å². The van der Waals surface area contributed by atoms with E-state index in [0.29, 0.717) is 0 Å². The Kier molecular flexibility index (Phi) is 8.28. The molecule has 2 rings (SSSR count). The number of carbonyl (C=O) groups is 1. The Morgan fingerprint density at radius 2 is 1.93 bits per heavy atom. The maximum atomic E-state index is 12.0. The van der Waals surface area contributed by atoms with Crippen LogP contribution in [0.2, 0.25) is 0 Å². The second-order valence-electron chi connectivity index (χ2n) is 8.29. The molecule has 0 spiro atoms. The summed E-state index contributed by atoms with van der Waals surface area (Å²) in [4.78, 5) is 12.0. The number of hydrogen-bond acceptors (Lipinski definition) is 4. The normalized spacial score (nSPS) is 17.4. The van der Waals surface area contributed by atoms with Crippen LogP contribution in [0.3, 0.4) is 0 Å². The molecule has 4 heteroatoms. The largest absolute Gasteiger partial charge is 0.508 e. The van der Waals surface area contributed by atoms with Gasteiger partial charge < -0.3 is 14.9 Å². The predicted molar refractivity (Wildman–Crippen MR) is 122 cm³/mol. The molecule has 1 aromatic rings. The number of phenolic OH excluding ortho intramolecular Hbond substituents is 2. The highest BCUT2D eigenvalue weighted by atomic mass is 16.5. The van der Waals surface area contributed by atoms with Gasteiger partial charge in [0.15, 0.2) is 0 Å². The summed E-state index contributed by atoms with van der Waals surface area (Å²) in [5.74, 6) is -1.05. The summed E-state index contributed by atoms with van der Waals surface area (Å²) >= 11 is 0. The van der Waals surface area contributed by atoms with E-state index in [-0.39, 0.29) is 29.1 Å². The molecule has 0 fully saturated rings. The summed E-state index contributed by atoms with van der Waals surface area (Å²) < 4.78 is 5.15. The fraction of sp³-hybridized carbons (Fsp3) is 0.346. The van der Waals surface area contributed by atoms with Crippen molar-refractivity contribution in [3.8, 4) is 11.5 Å². The number of allylic oxidation sites excluding steroid dienone is 9. The van der Waals surface area contributed by atoms with Crippen molar-refractivity contribution < 1.29 is 19.7 Å². The molecule has 0 unspecified atom stereocenters. The van der Waals surface area contributed by atoms with Gasteiger partial charge in [-0.2, -0.15) is 0 Å². The van der Waals surface area contributed by atoms with Gasteiger partial charge >= 0.3 is 5.97 Å². The summed E-state index contributed by atoms with van der Waals surface area (Å²) in [5.41, 5.74) is 3.80. The average Bonchev–Trinajstić information content (AvgIpc) is 2.66. The van der Waals surface area contributed by atoms with Crippen molar-refractivity contribution in [2.75, 3.05) is 6.61 Å². The maximum Gasteiger partial charge on any atom is 0.342 e. The van der Waals surface area contributed by atoms with Crippen LogP contribution < -0.4 is 0 Å². The molecule has 0 saturated carbocycles. The lowest BCUT2D eigenvalue weighted by molar-refractivity contribution is 0.0546. The van der Waals surface area contributed by atoms with Gasteiger partial charge in [0.05, 0.1) is 0 Å². The Hall–Kier alpha value is -3.01. The number of phenols is 2. The van der Waals surface area contributed by atoms with Crippen molar-refractivity contribution in [1.82, 2.24) is 0 Å². The molecule has 2 N–H and O–H groups in total. The Morgan fingerprint density at radius 3 is 2.63 bits per heavy atom. The van der Waals surface area contributed by atoms with Crippen molar-refractivity contribution in [1.29, 1.82) is 0 Å². The zero-order chi connectivity index (χ0) is 22.1. The van der Waals surface area contributed by atoms with E-state index in [2.05, 4.69) is 39.0 Å². The summed E-state index contributed by atoms with van der Waals surface area (Å²) in [6, 6.07) is 3.76. The molecule has 0 heterocycles. The molecule has 0 aliphatic heterocycles. The molecule has 160 valence electrons. The molecule has 0 saturated heterocycles. The lowest BCUT2D eigenvalue weighted by atomic mass is 9.75. The fourth-order valence-electron chi connectivity index (χ4n) is 3.23. The fourth-order valence-corrected chi connectivity index (χ4v) is 3.23.